The number of carbonyl (C=O) groups excluding carboxylic acids is 2. The van der Waals surface area contributed by atoms with Crippen LogP contribution in [0.25, 0.3) is 0 Å². The van der Waals surface area contributed by atoms with Crippen molar-refractivity contribution in [2.75, 3.05) is 5.75 Å². The van der Waals surface area contributed by atoms with E-state index in [0.29, 0.717) is 11.7 Å². The van der Waals surface area contributed by atoms with E-state index in [4.69, 9.17) is 0 Å². The molecule has 0 unspecified atom stereocenters. The van der Waals surface area contributed by atoms with Crippen LogP contribution in [0.15, 0.2) is 24.1 Å². The topological polar surface area (TPSA) is 88.9 Å². The Labute approximate surface area is 115 Å². The number of hydrogen-bond donors (Lipinski definition) is 2. The van der Waals surface area contributed by atoms with Gasteiger partial charge < -0.3 is 9.88 Å². The van der Waals surface area contributed by atoms with E-state index in [-0.39, 0.29) is 17.7 Å². The highest BCUT2D eigenvalue weighted by atomic mass is 32.2. The first-order valence-electron chi connectivity index (χ1n) is 5.74. The van der Waals surface area contributed by atoms with Crippen molar-refractivity contribution >= 4 is 23.7 Å². The van der Waals surface area contributed by atoms with Gasteiger partial charge in [-0.3, -0.25) is 10.1 Å². The highest BCUT2D eigenvalue weighted by Crippen LogP contribution is 2.13. The smallest absolute Gasteiger partial charge is 0.321 e. The van der Waals surface area contributed by atoms with Gasteiger partial charge in [-0.25, -0.2) is 4.79 Å². The molecule has 0 aliphatic carbocycles. The number of allylic oxidation sites excluding steroid dienone is 1. The number of urea groups is 1. The van der Waals surface area contributed by atoms with E-state index in [1.54, 1.807) is 17.0 Å². The van der Waals surface area contributed by atoms with Crippen LogP contribution in [-0.2, 0) is 11.3 Å². The Kier molecular flexibility index (Phi) is 6.07. The number of rotatable bonds is 6. The average molecular weight is 283 g/mol. The fourth-order valence-electron chi connectivity index (χ4n) is 1.21. The predicted octanol–water partition coefficient (Wildman–Crippen LogP) is 0.790. The zero-order chi connectivity index (χ0) is 14.3. The molecule has 19 heavy (non-hydrogen) atoms. The van der Waals surface area contributed by atoms with Gasteiger partial charge in [-0.05, 0) is 13.8 Å². The molecule has 8 heteroatoms. The van der Waals surface area contributed by atoms with Crippen LogP contribution in [0, 0.1) is 0 Å². The number of nitrogens with one attached hydrogen (secondary N) is 2. The zero-order valence-electron chi connectivity index (χ0n) is 10.9. The first-order valence-corrected chi connectivity index (χ1v) is 6.73. The van der Waals surface area contributed by atoms with Gasteiger partial charge in [0, 0.05) is 12.6 Å². The molecule has 0 atom stereocenters. The molecule has 0 fully saturated rings. The number of nitrogens with zero attached hydrogens (tertiary/aromatic N) is 3. The molecule has 1 aromatic heterocycles. The van der Waals surface area contributed by atoms with Crippen LogP contribution >= 0.6 is 11.8 Å². The lowest BCUT2D eigenvalue weighted by Crippen LogP contribution is -2.43. The molecule has 0 saturated heterocycles. The maximum atomic E-state index is 11.5. The Morgan fingerprint density at radius 2 is 2.32 bits per heavy atom. The molecule has 0 aliphatic heterocycles. The molecule has 1 aromatic rings. The van der Waals surface area contributed by atoms with Gasteiger partial charge >= 0.3 is 6.03 Å². The molecule has 104 valence electrons. The Balaban J connectivity index is 2.39. The largest absolute Gasteiger partial charge is 0.336 e. The van der Waals surface area contributed by atoms with Gasteiger partial charge in [-0.1, -0.05) is 17.8 Å². The van der Waals surface area contributed by atoms with Crippen LogP contribution < -0.4 is 10.6 Å². The maximum Gasteiger partial charge on any atom is 0.321 e. The van der Waals surface area contributed by atoms with Gasteiger partial charge in [0.2, 0.25) is 5.91 Å². The van der Waals surface area contributed by atoms with Crippen LogP contribution in [0.3, 0.4) is 0 Å². The first kappa shape index (κ1) is 15.2. The quantitative estimate of drug-likeness (QED) is 0.595. The van der Waals surface area contributed by atoms with E-state index in [2.05, 4.69) is 27.4 Å². The van der Waals surface area contributed by atoms with Gasteiger partial charge in [0.05, 0.1) is 5.75 Å². The van der Waals surface area contributed by atoms with Crippen molar-refractivity contribution in [2.45, 2.75) is 31.6 Å². The summed E-state index contributed by atoms with van der Waals surface area (Å²) < 4.78 is 1.76. The van der Waals surface area contributed by atoms with Gasteiger partial charge in [-0.2, -0.15) is 0 Å². The van der Waals surface area contributed by atoms with Gasteiger partial charge in [0.1, 0.15) is 6.33 Å². The molecule has 0 aliphatic rings. The number of thioether (sulfide) groups is 1. The van der Waals surface area contributed by atoms with E-state index in [1.807, 2.05) is 13.8 Å². The molecule has 7 nitrogen and oxygen atoms in total. The monoisotopic (exact) mass is 283 g/mol. The van der Waals surface area contributed by atoms with Crippen LogP contribution in [0.4, 0.5) is 4.79 Å². The van der Waals surface area contributed by atoms with Gasteiger partial charge in [0.25, 0.3) is 0 Å². The Morgan fingerprint density at radius 3 is 2.95 bits per heavy atom. The van der Waals surface area contributed by atoms with Crippen molar-refractivity contribution in [3.63, 3.8) is 0 Å². The lowest BCUT2D eigenvalue weighted by atomic mass is 10.4. The average Bonchev–Trinajstić information content (AvgIpc) is 2.73. The molecule has 3 amide bonds. The Bertz CT molecular complexity index is 458. The molecule has 0 spiro atoms. The van der Waals surface area contributed by atoms with Crippen molar-refractivity contribution in [2.24, 2.45) is 0 Å². The minimum atomic E-state index is -0.492. The molecule has 0 bridgehead atoms. The van der Waals surface area contributed by atoms with Gasteiger partial charge in [0.15, 0.2) is 5.16 Å². The van der Waals surface area contributed by atoms with Crippen molar-refractivity contribution < 1.29 is 9.59 Å². The molecular formula is C11H17N5O2S. The second-order valence-corrected chi connectivity index (χ2v) is 4.96. The molecule has 0 aromatic carbocycles. The molecule has 0 radical (unpaired) electrons. The summed E-state index contributed by atoms with van der Waals surface area (Å²) in [5.41, 5.74) is 0. The maximum absolute atomic E-state index is 11.5. The van der Waals surface area contributed by atoms with Crippen LogP contribution in [0.2, 0.25) is 0 Å². The minimum Gasteiger partial charge on any atom is -0.336 e. The summed E-state index contributed by atoms with van der Waals surface area (Å²) >= 11 is 1.21. The lowest BCUT2D eigenvalue weighted by Gasteiger charge is -2.08. The second kappa shape index (κ2) is 7.57. The summed E-state index contributed by atoms with van der Waals surface area (Å²) in [7, 11) is 0. The van der Waals surface area contributed by atoms with E-state index < -0.39 is 6.03 Å². The van der Waals surface area contributed by atoms with Crippen molar-refractivity contribution in [3.05, 3.63) is 19.0 Å². The van der Waals surface area contributed by atoms with Crippen molar-refractivity contribution in [1.82, 2.24) is 25.4 Å². The summed E-state index contributed by atoms with van der Waals surface area (Å²) in [5, 5.41) is 13.1. The lowest BCUT2D eigenvalue weighted by molar-refractivity contribution is -0.117. The zero-order valence-corrected chi connectivity index (χ0v) is 11.7. The number of aromatic nitrogens is 3. The Hall–Kier alpha value is -1.83. The van der Waals surface area contributed by atoms with Gasteiger partial charge in [-0.15, -0.1) is 16.8 Å². The fourth-order valence-corrected chi connectivity index (χ4v) is 1.94. The number of hydrogen-bond acceptors (Lipinski definition) is 5. The third-order valence-corrected chi connectivity index (χ3v) is 2.89. The van der Waals surface area contributed by atoms with Crippen molar-refractivity contribution in [3.8, 4) is 0 Å². The van der Waals surface area contributed by atoms with Crippen LogP contribution in [0.1, 0.15) is 13.8 Å². The third-order valence-electron chi connectivity index (χ3n) is 1.91. The molecule has 2 N–H and O–H groups in total. The summed E-state index contributed by atoms with van der Waals surface area (Å²) in [4.78, 5) is 22.8. The summed E-state index contributed by atoms with van der Waals surface area (Å²) in [6.45, 7) is 7.83. The van der Waals surface area contributed by atoms with E-state index in [9.17, 15) is 9.59 Å². The molecular weight excluding hydrogens is 266 g/mol. The van der Waals surface area contributed by atoms with E-state index >= 15 is 0 Å². The SMILES string of the molecule is C=CCn1cnnc1SCC(=O)NC(=O)NC(C)C. The van der Waals surface area contributed by atoms with Crippen LogP contribution in [0.5, 0.6) is 0 Å². The molecule has 1 rings (SSSR count). The standard InChI is InChI=1S/C11H17N5O2S/c1-4-5-16-7-12-15-11(16)19-6-9(17)14-10(18)13-8(2)3/h4,7-8H,1,5-6H2,2-3H3,(H2,13,14,17,18). The highest BCUT2D eigenvalue weighted by Gasteiger charge is 2.11. The number of carbonyl (C=O) groups is 2. The van der Waals surface area contributed by atoms with Crippen LogP contribution in [-0.4, -0.2) is 38.5 Å². The highest BCUT2D eigenvalue weighted by molar-refractivity contribution is 7.99. The number of amides is 3. The summed E-state index contributed by atoms with van der Waals surface area (Å²) in [6, 6.07) is -0.510. The number of imide groups is 1. The Morgan fingerprint density at radius 1 is 1.58 bits per heavy atom. The third kappa shape index (κ3) is 5.56. The second-order valence-electron chi connectivity index (χ2n) is 4.02. The minimum absolute atomic E-state index is 0.0175. The fraction of sp³-hybridized carbons (Fsp3) is 0.455. The predicted molar refractivity (Wildman–Crippen MR) is 72.8 cm³/mol. The first-order chi connectivity index (χ1) is 9.02. The molecule has 1 heterocycles. The summed E-state index contributed by atoms with van der Waals surface area (Å²) in [5.74, 6) is -0.280. The van der Waals surface area contributed by atoms with E-state index in [1.165, 1.54) is 11.8 Å². The molecule has 0 saturated carbocycles. The summed E-state index contributed by atoms with van der Waals surface area (Å²) in [6.07, 6.45) is 3.27. The van der Waals surface area contributed by atoms with E-state index in [0.717, 1.165) is 0 Å². The normalized spacial score (nSPS) is 10.3. The van der Waals surface area contributed by atoms with Crippen molar-refractivity contribution in [1.29, 1.82) is 0 Å².